The molecule has 2 rings (SSSR count). The SMILES string of the molecule is CC(C)N1C=C(C(F)(F)F)NC1C1CCC(=O)C1. The van der Waals surface area contributed by atoms with Crippen LogP contribution in [0, 0.1) is 5.92 Å². The maximum Gasteiger partial charge on any atom is 0.432 e. The molecule has 18 heavy (non-hydrogen) atoms. The Bertz CT molecular complexity index is 376. The van der Waals surface area contributed by atoms with E-state index in [9.17, 15) is 18.0 Å². The van der Waals surface area contributed by atoms with Gasteiger partial charge in [0, 0.05) is 31.0 Å². The highest BCUT2D eigenvalue weighted by atomic mass is 19.4. The van der Waals surface area contributed by atoms with Crippen LogP contribution in [0.3, 0.4) is 0 Å². The molecule has 2 aliphatic rings. The Labute approximate surface area is 104 Å². The molecule has 0 saturated heterocycles. The van der Waals surface area contributed by atoms with E-state index >= 15 is 0 Å². The van der Waals surface area contributed by atoms with Gasteiger partial charge in [0.25, 0.3) is 0 Å². The van der Waals surface area contributed by atoms with Crippen molar-refractivity contribution in [3.8, 4) is 0 Å². The Morgan fingerprint density at radius 2 is 2.11 bits per heavy atom. The van der Waals surface area contributed by atoms with Crippen molar-refractivity contribution in [1.29, 1.82) is 0 Å². The highest BCUT2D eigenvalue weighted by molar-refractivity contribution is 5.80. The van der Waals surface area contributed by atoms with Crippen LogP contribution in [0.5, 0.6) is 0 Å². The molecule has 2 unspecified atom stereocenters. The normalized spacial score (nSPS) is 28.9. The summed E-state index contributed by atoms with van der Waals surface area (Å²) >= 11 is 0. The van der Waals surface area contributed by atoms with Gasteiger partial charge in [-0.05, 0) is 20.3 Å². The van der Waals surface area contributed by atoms with Crippen molar-refractivity contribution in [2.24, 2.45) is 5.92 Å². The summed E-state index contributed by atoms with van der Waals surface area (Å²) in [6.45, 7) is 3.70. The fraction of sp³-hybridized carbons (Fsp3) is 0.750. The van der Waals surface area contributed by atoms with Crippen LogP contribution in [0.15, 0.2) is 11.9 Å². The van der Waals surface area contributed by atoms with Gasteiger partial charge in [-0.1, -0.05) is 0 Å². The van der Waals surface area contributed by atoms with Gasteiger partial charge >= 0.3 is 6.18 Å². The maximum atomic E-state index is 12.7. The smallest absolute Gasteiger partial charge is 0.360 e. The molecule has 6 heteroatoms. The van der Waals surface area contributed by atoms with Crippen LogP contribution in [-0.2, 0) is 4.79 Å². The molecular weight excluding hydrogens is 245 g/mol. The van der Waals surface area contributed by atoms with Crippen molar-refractivity contribution in [2.75, 3.05) is 0 Å². The van der Waals surface area contributed by atoms with Crippen molar-refractivity contribution >= 4 is 5.78 Å². The van der Waals surface area contributed by atoms with Crippen LogP contribution >= 0.6 is 0 Å². The predicted octanol–water partition coefficient (Wildman–Crippen LogP) is 2.40. The first-order valence-electron chi connectivity index (χ1n) is 6.13. The number of hydrogen-bond donors (Lipinski definition) is 1. The van der Waals surface area contributed by atoms with Crippen molar-refractivity contribution in [3.05, 3.63) is 11.9 Å². The van der Waals surface area contributed by atoms with Crippen molar-refractivity contribution in [3.63, 3.8) is 0 Å². The lowest BCUT2D eigenvalue weighted by atomic mass is 10.0. The third kappa shape index (κ3) is 2.47. The Morgan fingerprint density at radius 1 is 1.44 bits per heavy atom. The van der Waals surface area contributed by atoms with Crippen molar-refractivity contribution in [1.82, 2.24) is 10.2 Å². The number of Topliss-reactive ketones (excluding diaryl/α,β-unsaturated/α-hetero) is 1. The molecule has 102 valence electrons. The van der Waals surface area contributed by atoms with Crippen LogP contribution in [0.4, 0.5) is 13.2 Å². The molecule has 3 nitrogen and oxygen atoms in total. The summed E-state index contributed by atoms with van der Waals surface area (Å²) in [5.74, 6) is 0.113. The topological polar surface area (TPSA) is 32.3 Å². The van der Waals surface area contributed by atoms with Crippen LogP contribution < -0.4 is 5.32 Å². The zero-order chi connectivity index (χ0) is 13.5. The molecule has 1 aliphatic carbocycles. The third-order valence-electron chi connectivity index (χ3n) is 3.53. The summed E-state index contributed by atoms with van der Waals surface area (Å²) in [5.41, 5.74) is -0.708. The number of halogens is 3. The zero-order valence-electron chi connectivity index (χ0n) is 10.4. The molecule has 0 aromatic heterocycles. The number of nitrogens with zero attached hydrogens (tertiary/aromatic N) is 1. The predicted molar refractivity (Wildman–Crippen MR) is 60.4 cm³/mol. The molecule has 1 aliphatic heterocycles. The summed E-state index contributed by atoms with van der Waals surface area (Å²) < 4.78 is 38.1. The molecule has 0 aromatic carbocycles. The number of hydrogen-bond acceptors (Lipinski definition) is 3. The molecular formula is C12H17F3N2O. The number of carbonyl (C=O) groups excluding carboxylic acids is 1. The maximum absolute atomic E-state index is 12.7. The largest absolute Gasteiger partial charge is 0.432 e. The quantitative estimate of drug-likeness (QED) is 0.829. The lowest BCUT2D eigenvalue weighted by Crippen LogP contribution is -2.45. The minimum Gasteiger partial charge on any atom is -0.360 e. The van der Waals surface area contributed by atoms with E-state index in [2.05, 4.69) is 5.32 Å². The molecule has 1 fully saturated rings. The van der Waals surface area contributed by atoms with Crippen molar-refractivity contribution in [2.45, 2.75) is 51.5 Å². The number of alkyl halides is 3. The summed E-state index contributed by atoms with van der Waals surface area (Å²) in [4.78, 5) is 13.0. The molecule has 0 spiro atoms. The number of rotatable bonds is 2. The molecule has 0 bridgehead atoms. The van der Waals surface area contributed by atoms with Crippen molar-refractivity contribution < 1.29 is 18.0 Å². The van der Waals surface area contributed by atoms with Gasteiger partial charge in [0.1, 0.15) is 17.6 Å². The lowest BCUT2D eigenvalue weighted by Gasteiger charge is -2.33. The van der Waals surface area contributed by atoms with E-state index in [0.717, 1.165) is 6.20 Å². The van der Waals surface area contributed by atoms with Gasteiger partial charge in [-0.25, -0.2) is 0 Å². The van der Waals surface area contributed by atoms with Gasteiger partial charge in [0.2, 0.25) is 0 Å². The Kier molecular flexibility index (Phi) is 3.29. The number of nitrogens with one attached hydrogen (secondary N) is 1. The average Bonchev–Trinajstić information content (AvgIpc) is 2.81. The second kappa shape index (κ2) is 4.48. The van der Waals surface area contributed by atoms with Gasteiger partial charge in [-0.15, -0.1) is 0 Å². The Hall–Kier alpha value is -1.20. The fourth-order valence-electron chi connectivity index (χ4n) is 2.60. The number of ketones is 1. The zero-order valence-corrected chi connectivity index (χ0v) is 10.4. The summed E-state index contributed by atoms with van der Waals surface area (Å²) in [6, 6.07) is -0.0296. The molecule has 1 saturated carbocycles. The van der Waals surface area contributed by atoms with Crippen LogP contribution in [0.25, 0.3) is 0 Å². The van der Waals surface area contributed by atoms with Crippen LogP contribution in [0.2, 0.25) is 0 Å². The highest BCUT2D eigenvalue weighted by Crippen LogP contribution is 2.35. The van der Waals surface area contributed by atoms with Crippen LogP contribution in [0.1, 0.15) is 33.1 Å². The second-order valence-corrected chi connectivity index (χ2v) is 5.21. The first-order valence-corrected chi connectivity index (χ1v) is 6.13. The van der Waals surface area contributed by atoms with Gasteiger partial charge in [-0.2, -0.15) is 13.2 Å². The first kappa shape index (κ1) is 13.2. The van der Waals surface area contributed by atoms with Gasteiger partial charge in [0.05, 0.1) is 0 Å². The Balaban J connectivity index is 2.15. The molecule has 1 heterocycles. The highest BCUT2D eigenvalue weighted by Gasteiger charge is 2.44. The van der Waals surface area contributed by atoms with E-state index in [1.807, 2.05) is 13.8 Å². The Morgan fingerprint density at radius 3 is 2.56 bits per heavy atom. The third-order valence-corrected chi connectivity index (χ3v) is 3.53. The van der Waals surface area contributed by atoms with E-state index in [1.54, 1.807) is 4.90 Å². The van der Waals surface area contributed by atoms with Gasteiger partial charge in [0.15, 0.2) is 0 Å². The minimum atomic E-state index is -4.36. The molecule has 0 radical (unpaired) electrons. The molecule has 0 aromatic rings. The van der Waals surface area contributed by atoms with Gasteiger partial charge < -0.3 is 10.2 Å². The lowest BCUT2D eigenvalue weighted by molar-refractivity contribution is -0.117. The van der Waals surface area contributed by atoms with E-state index in [1.165, 1.54) is 0 Å². The summed E-state index contributed by atoms with van der Waals surface area (Å²) in [5, 5.41) is 2.53. The minimum absolute atomic E-state index is 0.0296. The molecule has 1 N–H and O–H groups in total. The monoisotopic (exact) mass is 262 g/mol. The average molecular weight is 262 g/mol. The first-order chi connectivity index (χ1) is 8.29. The number of allylic oxidation sites excluding steroid dienone is 1. The summed E-state index contributed by atoms with van der Waals surface area (Å²) in [7, 11) is 0. The van der Waals surface area contributed by atoms with E-state index in [-0.39, 0.29) is 17.7 Å². The number of carbonyl (C=O) groups is 1. The fourth-order valence-corrected chi connectivity index (χ4v) is 2.60. The molecule has 0 amide bonds. The van der Waals surface area contributed by atoms with Crippen LogP contribution in [-0.4, -0.2) is 29.1 Å². The van der Waals surface area contributed by atoms with E-state index in [0.29, 0.717) is 19.3 Å². The standard InChI is InChI=1S/C12H17F3N2O/c1-7(2)17-6-10(12(13,14)15)16-11(17)8-3-4-9(18)5-8/h6-8,11,16H,3-5H2,1-2H3. The van der Waals surface area contributed by atoms with E-state index in [4.69, 9.17) is 0 Å². The summed E-state index contributed by atoms with van der Waals surface area (Å²) in [6.07, 6.45) is -2.11. The second-order valence-electron chi connectivity index (χ2n) is 5.21. The van der Waals surface area contributed by atoms with Gasteiger partial charge in [-0.3, -0.25) is 4.79 Å². The molecule has 2 atom stereocenters. The van der Waals surface area contributed by atoms with E-state index < -0.39 is 18.0 Å².